The van der Waals surface area contributed by atoms with Crippen LogP contribution in [0.15, 0.2) is 70.8 Å². The average Bonchev–Trinajstić information content (AvgIpc) is 3.40. The van der Waals surface area contributed by atoms with Gasteiger partial charge in [-0.1, -0.05) is 48.0 Å². The summed E-state index contributed by atoms with van der Waals surface area (Å²) in [5.41, 5.74) is 3.16. The molecule has 0 aliphatic rings. The van der Waals surface area contributed by atoms with Crippen LogP contribution in [0.1, 0.15) is 17.0 Å². The van der Waals surface area contributed by atoms with Crippen molar-refractivity contribution in [3.8, 4) is 34.1 Å². The lowest BCUT2D eigenvalue weighted by Crippen LogP contribution is -2.09. The van der Waals surface area contributed by atoms with E-state index >= 15 is 0 Å². The number of thiophene rings is 1. The molecule has 3 aromatic carbocycles. The molecule has 0 amide bonds. The van der Waals surface area contributed by atoms with E-state index in [1.54, 1.807) is 27.4 Å². The van der Waals surface area contributed by atoms with Crippen molar-refractivity contribution in [3.63, 3.8) is 0 Å². The first kappa shape index (κ1) is 26.3. The van der Waals surface area contributed by atoms with Crippen LogP contribution in [0.5, 0.6) is 23.0 Å². The Labute approximate surface area is 234 Å². The van der Waals surface area contributed by atoms with E-state index in [2.05, 4.69) is 9.97 Å². The van der Waals surface area contributed by atoms with Crippen molar-refractivity contribution in [2.75, 3.05) is 21.3 Å². The van der Waals surface area contributed by atoms with Crippen LogP contribution >= 0.6 is 22.9 Å². The lowest BCUT2D eigenvalue weighted by atomic mass is 10.1. The van der Waals surface area contributed by atoms with Crippen LogP contribution < -0.4 is 24.5 Å². The summed E-state index contributed by atoms with van der Waals surface area (Å²) in [4.78, 5) is 21.3. The van der Waals surface area contributed by atoms with Gasteiger partial charge in [0.15, 0.2) is 23.0 Å². The zero-order chi connectivity index (χ0) is 27.4. The van der Waals surface area contributed by atoms with Crippen LogP contribution in [0, 0.1) is 0 Å². The smallest absolute Gasteiger partial charge is 0.260 e. The Morgan fingerprint density at radius 1 is 0.897 bits per heavy atom. The Bertz CT molecular complexity index is 1730. The molecule has 39 heavy (non-hydrogen) atoms. The number of rotatable bonds is 9. The Kier molecular flexibility index (Phi) is 7.86. The van der Waals surface area contributed by atoms with E-state index in [4.69, 9.17) is 30.5 Å². The van der Waals surface area contributed by atoms with Gasteiger partial charge in [0.2, 0.25) is 0 Å². The number of H-pyrrole nitrogens is 1. The van der Waals surface area contributed by atoms with Gasteiger partial charge in [0.25, 0.3) is 5.56 Å². The van der Waals surface area contributed by atoms with Crippen molar-refractivity contribution in [2.45, 2.75) is 6.61 Å². The van der Waals surface area contributed by atoms with E-state index < -0.39 is 0 Å². The van der Waals surface area contributed by atoms with Crippen LogP contribution in [-0.4, -0.2) is 31.3 Å². The molecule has 0 spiro atoms. The number of fused-ring (bicyclic) bond motifs is 1. The van der Waals surface area contributed by atoms with E-state index in [0.717, 1.165) is 22.3 Å². The number of aromatic nitrogens is 2. The van der Waals surface area contributed by atoms with Crippen molar-refractivity contribution in [1.82, 2.24) is 9.97 Å². The molecule has 0 aliphatic carbocycles. The molecule has 9 heteroatoms. The van der Waals surface area contributed by atoms with E-state index in [-0.39, 0.29) is 5.56 Å². The van der Waals surface area contributed by atoms with Gasteiger partial charge in [-0.15, -0.1) is 11.3 Å². The fourth-order valence-corrected chi connectivity index (χ4v) is 5.26. The molecular formula is C30H25ClN2O5S. The predicted molar refractivity (Wildman–Crippen MR) is 156 cm³/mol. The Balaban J connectivity index is 1.38. The highest BCUT2D eigenvalue weighted by Crippen LogP contribution is 2.36. The second-order valence-corrected chi connectivity index (χ2v) is 9.74. The normalized spacial score (nSPS) is 11.2. The highest BCUT2D eigenvalue weighted by Gasteiger charge is 2.15. The number of halogens is 1. The Hall–Kier alpha value is -4.27. The fourth-order valence-electron chi connectivity index (χ4n) is 4.11. The summed E-state index contributed by atoms with van der Waals surface area (Å²) in [5, 5.41) is 3.11. The number of nitrogens with zero attached hydrogens (tertiary/aromatic N) is 1. The monoisotopic (exact) mass is 560 g/mol. The number of aromatic amines is 1. The molecule has 0 aliphatic heterocycles. The number of methoxy groups -OCH3 is 3. The minimum Gasteiger partial charge on any atom is -0.493 e. The molecule has 0 atom stereocenters. The number of hydrogen-bond acceptors (Lipinski definition) is 7. The van der Waals surface area contributed by atoms with E-state index in [9.17, 15) is 4.79 Å². The highest BCUT2D eigenvalue weighted by atomic mass is 35.5. The third-order valence-corrected chi connectivity index (χ3v) is 7.36. The van der Waals surface area contributed by atoms with E-state index in [1.807, 2.05) is 72.1 Å². The summed E-state index contributed by atoms with van der Waals surface area (Å²) in [5.74, 6) is 2.85. The van der Waals surface area contributed by atoms with Crippen molar-refractivity contribution in [1.29, 1.82) is 0 Å². The van der Waals surface area contributed by atoms with Gasteiger partial charge in [0.1, 0.15) is 17.3 Å². The van der Waals surface area contributed by atoms with Crippen molar-refractivity contribution < 1.29 is 18.9 Å². The van der Waals surface area contributed by atoms with E-state index in [0.29, 0.717) is 50.7 Å². The van der Waals surface area contributed by atoms with Crippen LogP contribution in [0.2, 0.25) is 5.02 Å². The van der Waals surface area contributed by atoms with Crippen molar-refractivity contribution >= 4 is 45.3 Å². The fraction of sp³-hybridized carbons (Fsp3) is 0.133. The topological polar surface area (TPSA) is 82.7 Å². The lowest BCUT2D eigenvalue weighted by molar-refractivity contribution is 0.284. The molecule has 0 radical (unpaired) electrons. The molecule has 0 bridgehead atoms. The molecule has 198 valence electrons. The summed E-state index contributed by atoms with van der Waals surface area (Å²) < 4.78 is 22.2. The molecule has 2 heterocycles. The number of ether oxygens (including phenoxy) is 4. The maximum atomic E-state index is 13.1. The summed E-state index contributed by atoms with van der Waals surface area (Å²) >= 11 is 7.64. The maximum absolute atomic E-state index is 13.1. The van der Waals surface area contributed by atoms with Gasteiger partial charge in [-0.3, -0.25) is 4.79 Å². The average molecular weight is 561 g/mol. The van der Waals surface area contributed by atoms with Gasteiger partial charge in [-0.05, 0) is 47.5 Å². The summed E-state index contributed by atoms with van der Waals surface area (Å²) in [6.45, 7) is 0.322. The minimum absolute atomic E-state index is 0.216. The molecule has 0 fully saturated rings. The highest BCUT2D eigenvalue weighted by molar-refractivity contribution is 7.17. The summed E-state index contributed by atoms with van der Waals surface area (Å²) in [7, 11) is 4.75. The van der Waals surface area contributed by atoms with Crippen LogP contribution in [-0.2, 0) is 6.61 Å². The van der Waals surface area contributed by atoms with Gasteiger partial charge in [0.05, 0.1) is 26.7 Å². The minimum atomic E-state index is -0.216. The van der Waals surface area contributed by atoms with Gasteiger partial charge in [-0.25, -0.2) is 4.98 Å². The quantitative estimate of drug-likeness (QED) is 0.207. The maximum Gasteiger partial charge on any atom is 0.260 e. The standard InChI is InChI=1S/C30H25ClN2O5S/c1-35-23-12-10-19(15-26(23)37-3)21-17-39-30-28(21)29(34)32-27(33-30)13-9-18-8-11-24(25(14-18)36-2)38-16-20-6-4-5-7-22(20)31/h4-15,17H,16H2,1-3H3,(H,32,33,34). The number of benzene rings is 3. The Morgan fingerprint density at radius 3 is 2.41 bits per heavy atom. The van der Waals surface area contributed by atoms with Gasteiger partial charge in [0, 0.05) is 21.5 Å². The van der Waals surface area contributed by atoms with Crippen LogP contribution in [0.3, 0.4) is 0 Å². The second-order valence-electron chi connectivity index (χ2n) is 8.47. The molecule has 2 aromatic heterocycles. The molecule has 1 N–H and O–H groups in total. The molecule has 0 saturated carbocycles. The molecule has 5 rings (SSSR count). The summed E-state index contributed by atoms with van der Waals surface area (Å²) in [6.07, 6.45) is 3.61. The molecular weight excluding hydrogens is 536 g/mol. The predicted octanol–water partition coefficient (Wildman–Crippen LogP) is 7.08. The second kappa shape index (κ2) is 11.6. The third-order valence-electron chi connectivity index (χ3n) is 6.12. The van der Waals surface area contributed by atoms with Gasteiger partial charge < -0.3 is 23.9 Å². The van der Waals surface area contributed by atoms with Crippen molar-refractivity contribution in [3.05, 3.63) is 98.4 Å². The van der Waals surface area contributed by atoms with E-state index in [1.165, 1.54) is 11.3 Å². The van der Waals surface area contributed by atoms with Crippen LogP contribution in [0.4, 0.5) is 0 Å². The third kappa shape index (κ3) is 5.62. The molecule has 0 unspecified atom stereocenters. The largest absolute Gasteiger partial charge is 0.493 e. The Morgan fingerprint density at radius 2 is 1.64 bits per heavy atom. The van der Waals surface area contributed by atoms with Crippen molar-refractivity contribution in [2.24, 2.45) is 0 Å². The number of hydrogen-bond donors (Lipinski definition) is 1. The lowest BCUT2D eigenvalue weighted by Gasteiger charge is -2.12. The summed E-state index contributed by atoms with van der Waals surface area (Å²) in [6, 6.07) is 18.7. The first-order valence-electron chi connectivity index (χ1n) is 12.0. The van der Waals surface area contributed by atoms with Gasteiger partial charge >= 0.3 is 0 Å². The zero-order valence-electron chi connectivity index (χ0n) is 21.5. The first-order chi connectivity index (χ1) is 19.0. The van der Waals surface area contributed by atoms with Gasteiger partial charge in [-0.2, -0.15) is 0 Å². The van der Waals surface area contributed by atoms with Crippen LogP contribution in [0.25, 0.3) is 33.5 Å². The zero-order valence-corrected chi connectivity index (χ0v) is 23.1. The molecule has 7 nitrogen and oxygen atoms in total. The molecule has 0 saturated heterocycles. The first-order valence-corrected chi connectivity index (χ1v) is 13.2. The molecule has 5 aromatic rings. The number of nitrogens with one attached hydrogen (secondary N) is 1. The SMILES string of the molecule is COc1ccc(-c2csc3nc(C=Cc4ccc(OCc5ccccc5Cl)c(OC)c4)[nH]c(=O)c23)cc1OC.